The van der Waals surface area contributed by atoms with E-state index in [4.69, 9.17) is 10.6 Å². The van der Waals surface area contributed by atoms with Crippen LogP contribution in [-0.4, -0.2) is 39.6 Å². The number of aromatic nitrogens is 3. The van der Waals surface area contributed by atoms with Crippen LogP contribution in [0.15, 0.2) is 29.4 Å². The second-order valence-corrected chi connectivity index (χ2v) is 6.18. The lowest BCUT2D eigenvalue weighted by Crippen LogP contribution is -2.19. The van der Waals surface area contributed by atoms with Gasteiger partial charge in [0.25, 0.3) is 0 Å². The normalized spacial score (nSPS) is 10.7. The van der Waals surface area contributed by atoms with E-state index in [9.17, 15) is 9.59 Å². The number of hydrogen-bond acceptors (Lipinski definition) is 7. The van der Waals surface area contributed by atoms with Crippen LogP contribution in [0.25, 0.3) is 0 Å². The van der Waals surface area contributed by atoms with Gasteiger partial charge in [0.05, 0.1) is 24.1 Å². The number of esters is 1. The summed E-state index contributed by atoms with van der Waals surface area (Å²) in [5, 5.41) is 11.1. The molecule has 0 saturated carbocycles. The van der Waals surface area contributed by atoms with E-state index in [-0.39, 0.29) is 17.6 Å². The topological polar surface area (TPSA) is 112 Å². The number of carbonyl (C=O) groups is 2. The number of hydrogen-bond donors (Lipinski definition) is 2. The molecule has 2 rings (SSSR count). The van der Waals surface area contributed by atoms with E-state index < -0.39 is 5.97 Å². The average molecular weight is 349 g/mol. The number of carbonyl (C=O) groups excluding carboxylic acids is 2. The molecule has 0 aliphatic carbocycles. The van der Waals surface area contributed by atoms with Gasteiger partial charge in [-0.05, 0) is 12.1 Å². The molecule has 0 atom stereocenters. The summed E-state index contributed by atoms with van der Waals surface area (Å²) in [7, 11) is 1.29. The van der Waals surface area contributed by atoms with Gasteiger partial charge < -0.3 is 15.9 Å². The number of ether oxygens (including phenoxy) is 1. The molecule has 0 saturated heterocycles. The Bertz CT molecular complexity index is 744. The van der Waals surface area contributed by atoms with Crippen LogP contribution < -0.4 is 11.2 Å². The summed E-state index contributed by atoms with van der Waals surface area (Å²) in [6.45, 7) is 3.91. The molecule has 3 N–H and O–H groups in total. The second kappa shape index (κ2) is 7.82. The highest BCUT2D eigenvalue weighted by Crippen LogP contribution is 2.20. The van der Waals surface area contributed by atoms with Gasteiger partial charge in [0, 0.05) is 5.92 Å². The molecule has 24 heavy (non-hydrogen) atoms. The third kappa shape index (κ3) is 4.05. The maximum absolute atomic E-state index is 12.1. The molecule has 0 aliphatic rings. The van der Waals surface area contributed by atoms with E-state index in [1.807, 2.05) is 13.8 Å². The molecule has 1 aromatic heterocycles. The summed E-state index contributed by atoms with van der Waals surface area (Å²) in [5.74, 6) is 5.97. The van der Waals surface area contributed by atoms with Crippen LogP contribution >= 0.6 is 11.8 Å². The van der Waals surface area contributed by atoms with Crippen LogP contribution in [0.4, 0.5) is 5.69 Å². The lowest BCUT2D eigenvalue weighted by atomic mass is 10.2. The molecular formula is C15H19N5O3S. The van der Waals surface area contributed by atoms with Gasteiger partial charge in [-0.3, -0.25) is 4.79 Å². The molecule has 0 aliphatic heterocycles. The molecule has 9 heteroatoms. The summed E-state index contributed by atoms with van der Waals surface area (Å²) in [5.41, 5.74) is 0.689. The Morgan fingerprint density at radius 2 is 2.04 bits per heavy atom. The predicted octanol–water partition coefficient (Wildman–Crippen LogP) is 1.63. The molecule has 0 spiro atoms. The number of thioether (sulfide) groups is 1. The largest absolute Gasteiger partial charge is 0.465 e. The Labute approximate surface area is 143 Å². The van der Waals surface area contributed by atoms with Crippen molar-refractivity contribution in [1.29, 1.82) is 0 Å². The van der Waals surface area contributed by atoms with Gasteiger partial charge in [-0.15, -0.1) is 10.2 Å². The Hall–Kier alpha value is -2.55. The zero-order valence-corrected chi connectivity index (χ0v) is 14.5. The van der Waals surface area contributed by atoms with E-state index in [0.717, 1.165) is 0 Å². The molecule has 1 heterocycles. The third-order valence-electron chi connectivity index (χ3n) is 3.15. The maximum atomic E-state index is 12.1. The molecule has 0 fully saturated rings. The molecule has 0 radical (unpaired) electrons. The number of rotatable bonds is 6. The van der Waals surface area contributed by atoms with Crippen LogP contribution in [0, 0.1) is 0 Å². The molecule has 0 unspecified atom stereocenters. The van der Waals surface area contributed by atoms with Crippen molar-refractivity contribution < 1.29 is 14.3 Å². The second-order valence-electron chi connectivity index (χ2n) is 5.24. The van der Waals surface area contributed by atoms with E-state index in [0.29, 0.717) is 22.2 Å². The number of amides is 1. The highest BCUT2D eigenvalue weighted by Gasteiger charge is 2.16. The van der Waals surface area contributed by atoms with Gasteiger partial charge >= 0.3 is 5.97 Å². The summed E-state index contributed by atoms with van der Waals surface area (Å²) in [6.07, 6.45) is 0. The monoisotopic (exact) mass is 349 g/mol. The van der Waals surface area contributed by atoms with Crippen LogP contribution in [0.5, 0.6) is 0 Å². The van der Waals surface area contributed by atoms with Gasteiger partial charge in [0.15, 0.2) is 5.82 Å². The van der Waals surface area contributed by atoms with E-state index in [1.54, 1.807) is 24.3 Å². The average Bonchev–Trinajstić information content (AvgIpc) is 2.93. The smallest absolute Gasteiger partial charge is 0.339 e. The lowest BCUT2D eigenvalue weighted by Gasteiger charge is -2.09. The van der Waals surface area contributed by atoms with Crippen LogP contribution in [-0.2, 0) is 9.53 Å². The number of nitrogens with two attached hydrogens (primary N) is 1. The van der Waals surface area contributed by atoms with E-state index in [2.05, 4.69) is 15.5 Å². The predicted molar refractivity (Wildman–Crippen MR) is 91.4 cm³/mol. The van der Waals surface area contributed by atoms with Gasteiger partial charge in [-0.25, -0.2) is 9.47 Å². The van der Waals surface area contributed by atoms with Crippen molar-refractivity contribution >= 4 is 29.3 Å². The van der Waals surface area contributed by atoms with Crippen molar-refractivity contribution in [2.75, 3.05) is 24.0 Å². The Morgan fingerprint density at radius 1 is 1.33 bits per heavy atom. The molecule has 1 amide bonds. The standard InChI is InChI=1S/C15H19N5O3S/c1-9(2)13-18-19-15(20(13)16)24-8-12(21)17-11-7-5-4-6-10(11)14(22)23-3/h4-7,9H,8,16H2,1-3H3,(H,17,21). The number of benzene rings is 1. The number of para-hydroxylation sites is 1. The van der Waals surface area contributed by atoms with E-state index >= 15 is 0 Å². The number of nitrogens with one attached hydrogen (secondary N) is 1. The molecule has 2 aromatic rings. The van der Waals surface area contributed by atoms with Gasteiger partial charge in [-0.2, -0.15) is 0 Å². The Balaban J connectivity index is 2.01. The first kappa shape index (κ1) is 17.8. The van der Waals surface area contributed by atoms with Crippen LogP contribution in [0.1, 0.15) is 35.9 Å². The first-order chi connectivity index (χ1) is 11.4. The van der Waals surface area contributed by atoms with Gasteiger partial charge in [-0.1, -0.05) is 37.7 Å². The fraction of sp³-hybridized carbons (Fsp3) is 0.333. The number of anilines is 1. The van der Waals surface area contributed by atoms with Crippen molar-refractivity contribution in [3.8, 4) is 0 Å². The molecular weight excluding hydrogens is 330 g/mol. The summed E-state index contributed by atoms with van der Waals surface area (Å²) < 4.78 is 6.08. The van der Waals surface area contributed by atoms with Crippen molar-refractivity contribution in [1.82, 2.24) is 14.9 Å². The highest BCUT2D eigenvalue weighted by atomic mass is 32.2. The number of methoxy groups -OCH3 is 1. The molecule has 8 nitrogen and oxygen atoms in total. The van der Waals surface area contributed by atoms with Gasteiger partial charge in [0.1, 0.15) is 0 Å². The van der Waals surface area contributed by atoms with Crippen LogP contribution in [0.2, 0.25) is 0 Å². The lowest BCUT2D eigenvalue weighted by molar-refractivity contribution is -0.113. The van der Waals surface area contributed by atoms with Crippen molar-refractivity contribution in [3.63, 3.8) is 0 Å². The van der Waals surface area contributed by atoms with Gasteiger partial charge in [0.2, 0.25) is 11.1 Å². The van der Waals surface area contributed by atoms with Crippen molar-refractivity contribution in [2.45, 2.75) is 24.9 Å². The first-order valence-corrected chi connectivity index (χ1v) is 8.23. The summed E-state index contributed by atoms with van der Waals surface area (Å²) in [6, 6.07) is 6.64. The Kier molecular flexibility index (Phi) is 5.80. The molecule has 1 aromatic carbocycles. The summed E-state index contributed by atoms with van der Waals surface area (Å²) in [4.78, 5) is 23.8. The highest BCUT2D eigenvalue weighted by molar-refractivity contribution is 7.99. The number of nitrogens with zero attached hydrogens (tertiary/aromatic N) is 3. The zero-order valence-electron chi connectivity index (χ0n) is 13.6. The van der Waals surface area contributed by atoms with Crippen LogP contribution in [0.3, 0.4) is 0 Å². The zero-order chi connectivity index (χ0) is 17.7. The number of nitrogen functional groups attached to an aromatic ring is 1. The molecule has 128 valence electrons. The minimum Gasteiger partial charge on any atom is -0.465 e. The van der Waals surface area contributed by atoms with Crippen molar-refractivity contribution in [3.05, 3.63) is 35.7 Å². The first-order valence-electron chi connectivity index (χ1n) is 7.24. The third-order valence-corrected chi connectivity index (χ3v) is 4.09. The van der Waals surface area contributed by atoms with Crippen molar-refractivity contribution in [2.24, 2.45) is 0 Å². The summed E-state index contributed by atoms with van der Waals surface area (Å²) >= 11 is 1.17. The minimum absolute atomic E-state index is 0.0862. The minimum atomic E-state index is -0.512. The molecule has 0 bridgehead atoms. The fourth-order valence-corrected chi connectivity index (χ4v) is 2.64. The fourth-order valence-electron chi connectivity index (χ4n) is 1.98. The quantitative estimate of drug-likeness (QED) is 0.463. The Morgan fingerprint density at radius 3 is 2.67 bits per heavy atom. The SMILES string of the molecule is COC(=O)c1ccccc1NC(=O)CSc1nnc(C(C)C)n1N. The maximum Gasteiger partial charge on any atom is 0.339 e. The van der Waals surface area contributed by atoms with E-state index in [1.165, 1.54) is 23.5 Å².